The first-order valence-electron chi connectivity index (χ1n) is 6.52. The van der Waals surface area contributed by atoms with E-state index >= 15 is 0 Å². The number of benzene rings is 1. The van der Waals surface area contributed by atoms with Crippen molar-refractivity contribution >= 4 is 17.6 Å². The molecule has 1 atom stereocenters. The highest BCUT2D eigenvalue weighted by atomic mass is 35.5. The number of nitrogens with two attached hydrogens (primary N) is 1. The molecule has 0 amide bonds. The van der Waals surface area contributed by atoms with Crippen LogP contribution in [0.25, 0.3) is 0 Å². The summed E-state index contributed by atoms with van der Waals surface area (Å²) in [7, 11) is 1.52. The molecule has 0 heterocycles. The number of carboxylic acids is 1. The zero-order chi connectivity index (χ0) is 14.7. The van der Waals surface area contributed by atoms with Crippen molar-refractivity contribution in [2.45, 2.75) is 37.8 Å². The maximum Gasteiger partial charge on any atom is 0.305 e. The average Bonchev–Trinajstić information content (AvgIpc) is 2.33. The summed E-state index contributed by atoms with van der Waals surface area (Å²) in [5.41, 5.74) is 6.52. The molecule has 1 fully saturated rings. The Bertz CT molecular complexity index is 502. The van der Waals surface area contributed by atoms with E-state index in [0.717, 1.165) is 19.3 Å². The van der Waals surface area contributed by atoms with Gasteiger partial charge in [0, 0.05) is 22.7 Å². The second-order valence-corrected chi connectivity index (χ2v) is 5.34. The van der Waals surface area contributed by atoms with Gasteiger partial charge < -0.3 is 20.3 Å². The first kappa shape index (κ1) is 14.9. The maximum absolute atomic E-state index is 10.8. The lowest BCUT2D eigenvalue weighted by Crippen LogP contribution is -2.26. The van der Waals surface area contributed by atoms with E-state index in [0.29, 0.717) is 22.1 Å². The molecule has 3 N–H and O–H groups in total. The third-order valence-electron chi connectivity index (χ3n) is 3.40. The second-order valence-electron chi connectivity index (χ2n) is 4.90. The summed E-state index contributed by atoms with van der Waals surface area (Å²) >= 11 is 6.03. The van der Waals surface area contributed by atoms with Gasteiger partial charge in [0.05, 0.1) is 19.6 Å². The molecule has 0 bridgehead atoms. The minimum absolute atomic E-state index is 0.140. The summed E-state index contributed by atoms with van der Waals surface area (Å²) in [6.07, 6.45) is 3.06. The molecule has 110 valence electrons. The van der Waals surface area contributed by atoms with Crippen LogP contribution in [-0.2, 0) is 4.79 Å². The Kier molecular flexibility index (Phi) is 4.73. The number of carboxylic acid groups (broad SMARTS) is 1. The number of aliphatic carboxylic acids is 1. The van der Waals surface area contributed by atoms with E-state index in [1.165, 1.54) is 7.11 Å². The molecule has 1 aliphatic rings. The molecule has 2 rings (SSSR count). The molecular formula is C14H18ClNO4. The van der Waals surface area contributed by atoms with Gasteiger partial charge in [-0.3, -0.25) is 4.79 Å². The fourth-order valence-electron chi connectivity index (χ4n) is 2.10. The summed E-state index contributed by atoms with van der Waals surface area (Å²) in [5, 5.41) is 9.33. The highest BCUT2D eigenvalue weighted by Crippen LogP contribution is 2.40. The third kappa shape index (κ3) is 3.35. The van der Waals surface area contributed by atoms with Gasteiger partial charge >= 0.3 is 5.97 Å². The van der Waals surface area contributed by atoms with E-state index in [1.54, 1.807) is 12.1 Å². The molecule has 0 aliphatic heterocycles. The first-order valence-corrected chi connectivity index (χ1v) is 6.90. The summed E-state index contributed by atoms with van der Waals surface area (Å²) in [6.45, 7) is 0. The highest BCUT2D eigenvalue weighted by Gasteiger charge is 2.25. The van der Waals surface area contributed by atoms with Crippen LogP contribution >= 0.6 is 11.6 Å². The Morgan fingerprint density at radius 1 is 1.55 bits per heavy atom. The molecule has 0 aromatic heterocycles. The predicted octanol–water partition coefficient (Wildman–Crippen LogP) is 2.75. The molecule has 0 spiro atoms. The first-order chi connectivity index (χ1) is 9.51. The topological polar surface area (TPSA) is 81.8 Å². The van der Waals surface area contributed by atoms with Gasteiger partial charge in [-0.15, -0.1) is 0 Å². The zero-order valence-corrected chi connectivity index (χ0v) is 12.0. The van der Waals surface area contributed by atoms with E-state index in [-0.39, 0.29) is 12.5 Å². The Morgan fingerprint density at radius 2 is 2.25 bits per heavy atom. The van der Waals surface area contributed by atoms with Gasteiger partial charge in [-0.1, -0.05) is 11.6 Å². The van der Waals surface area contributed by atoms with E-state index in [9.17, 15) is 4.79 Å². The van der Waals surface area contributed by atoms with Crippen LogP contribution in [-0.4, -0.2) is 24.3 Å². The van der Waals surface area contributed by atoms with Crippen LogP contribution in [0.1, 0.15) is 37.3 Å². The second kappa shape index (κ2) is 6.33. The van der Waals surface area contributed by atoms with Crippen LogP contribution in [0.3, 0.4) is 0 Å². The maximum atomic E-state index is 10.8. The molecular weight excluding hydrogens is 282 g/mol. The van der Waals surface area contributed by atoms with Crippen LogP contribution in [0.2, 0.25) is 5.02 Å². The third-order valence-corrected chi connectivity index (χ3v) is 3.62. The normalized spacial score (nSPS) is 16.4. The smallest absolute Gasteiger partial charge is 0.305 e. The van der Waals surface area contributed by atoms with Crippen LogP contribution < -0.4 is 15.2 Å². The van der Waals surface area contributed by atoms with Crippen molar-refractivity contribution in [1.82, 2.24) is 0 Å². The molecule has 0 saturated heterocycles. The molecule has 6 heteroatoms. The van der Waals surface area contributed by atoms with Crippen LogP contribution in [0.4, 0.5) is 0 Å². The van der Waals surface area contributed by atoms with Crippen molar-refractivity contribution < 1.29 is 19.4 Å². The van der Waals surface area contributed by atoms with E-state index < -0.39 is 12.0 Å². The monoisotopic (exact) mass is 299 g/mol. The number of ether oxygens (including phenoxy) is 2. The van der Waals surface area contributed by atoms with Gasteiger partial charge in [0.2, 0.25) is 0 Å². The van der Waals surface area contributed by atoms with E-state index in [4.69, 9.17) is 31.9 Å². The predicted molar refractivity (Wildman–Crippen MR) is 75.5 cm³/mol. The van der Waals surface area contributed by atoms with Crippen molar-refractivity contribution in [3.05, 3.63) is 22.7 Å². The minimum Gasteiger partial charge on any atom is -0.493 e. The minimum atomic E-state index is -0.967. The number of rotatable bonds is 6. The average molecular weight is 300 g/mol. The van der Waals surface area contributed by atoms with Gasteiger partial charge in [0.15, 0.2) is 11.5 Å². The lowest BCUT2D eigenvalue weighted by atomic mass is 9.95. The number of methoxy groups -OCH3 is 1. The lowest BCUT2D eigenvalue weighted by molar-refractivity contribution is -0.137. The quantitative estimate of drug-likeness (QED) is 0.844. The SMILES string of the molecule is COc1cc(Cl)cc(C(N)CC(=O)O)c1OC1CCC1. The Hall–Kier alpha value is -1.46. The van der Waals surface area contributed by atoms with Crippen molar-refractivity contribution in [1.29, 1.82) is 0 Å². The van der Waals surface area contributed by atoms with Crippen molar-refractivity contribution in [2.24, 2.45) is 5.73 Å². The van der Waals surface area contributed by atoms with Gasteiger partial charge in [-0.2, -0.15) is 0 Å². The standard InChI is InChI=1S/C14H18ClNO4/c1-19-12-6-8(15)5-10(11(16)7-13(17)18)14(12)20-9-3-2-4-9/h5-6,9,11H,2-4,7,16H2,1H3,(H,17,18). The molecule has 1 aromatic carbocycles. The number of hydrogen-bond donors (Lipinski definition) is 2. The molecule has 5 nitrogen and oxygen atoms in total. The number of carbonyl (C=O) groups is 1. The summed E-state index contributed by atoms with van der Waals surface area (Å²) in [5.74, 6) is 0.0293. The Balaban J connectivity index is 2.34. The molecule has 0 radical (unpaired) electrons. The number of halogens is 1. The Labute approximate surface area is 122 Å². The van der Waals surface area contributed by atoms with Crippen LogP contribution in [0.5, 0.6) is 11.5 Å². The van der Waals surface area contributed by atoms with Crippen LogP contribution in [0, 0.1) is 0 Å². The molecule has 1 aromatic rings. The molecule has 20 heavy (non-hydrogen) atoms. The van der Waals surface area contributed by atoms with E-state index in [1.807, 2.05) is 0 Å². The van der Waals surface area contributed by atoms with E-state index in [2.05, 4.69) is 0 Å². The summed E-state index contributed by atoms with van der Waals surface area (Å²) < 4.78 is 11.2. The fraction of sp³-hybridized carbons (Fsp3) is 0.500. The number of hydrogen-bond acceptors (Lipinski definition) is 4. The molecule has 1 unspecified atom stereocenters. The fourth-order valence-corrected chi connectivity index (χ4v) is 2.31. The van der Waals surface area contributed by atoms with Gasteiger partial charge in [0.1, 0.15) is 0 Å². The van der Waals surface area contributed by atoms with Crippen molar-refractivity contribution in [3.8, 4) is 11.5 Å². The summed E-state index contributed by atoms with van der Waals surface area (Å²) in [4.78, 5) is 10.8. The molecule has 1 aliphatic carbocycles. The van der Waals surface area contributed by atoms with Gasteiger partial charge in [-0.25, -0.2) is 0 Å². The van der Waals surface area contributed by atoms with Gasteiger partial charge in [0.25, 0.3) is 0 Å². The zero-order valence-electron chi connectivity index (χ0n) is 11.3. The lowest BCUT2D eigenvalue weighted by Gasteiger charge is -2.29. The van der Waals surface area contributed by atoms with Crippen molar-refractivity contribution in [3.63, 3.8) is 0 Å². The summed E-state index contributed by atoms with van der Waals surface area (Å²) in [6, 6.07) is 2.60. The van der Waals surface area contributed by atoms with Crippen LogP contribution in [0.15, 0.2) is 12.1 Å². The Morgan fingerprint density at radius 3 is 2.75 bits per heavy atom. The molecule has 1 saturated carbocycles. The largest absolute Gasteiger partial charge is 0.493 e. The van der Waals surface area contributed by atoms with Crippen molar-refractivity contribution in [2.75, 3.05) is 7.11 Å². The van der Waals surface area contributed by atoms with Gasteiger partial charge in [-0.05, 0) is 25.3 Å². The highest BCUT2D eigenvalue weighted by molar-refractivity contribution is 6.30.